The minimum Gasteiger partial charge on any atom is -0.477 e. The second-order valence-corrected chi connectivity index (χ2v) is 9.25. The third-order valence-corrected chi connectivity index (χ3v) is 7.76. The van der Waals surface area contributed by atoms with E-state index in [0.717, 1.165) is 30.6 Å². The van der Waals surface area contributed by atoms with Crippen LogP contribution in [0.3, 0.4) is 0 Å². The summed E-state index contributed by atoms with van der Waals surface area (Å²) < 4.78 is 20.1. The molecule has 2 aromatic heterocycles. The van der Waals surface area contributed by atoms with Crippen molar-refractivity contribution in [2.75, 3.05) is 36.9 Å². The predicted octanol–water partition coefficient (Wildman–Crippen LogP) is 2.30. The molecule has 4 heterocycles. The van der Waals surface area contributed by atoms with Gasteiger partial charge in [0.25, 0.3) is 0 Å². The number of nitrogens with one attached hydrogen (secondary N) is 1. The van der Waals surface area contributed by atoms with E-state index in [-0.39, 0.29) is 28.7 Å². The fourth-order valence-corrected chi connectivity index (χ4v) is 6.03. The summed E-state index contributed by atoms with van der Waals surface area (Å²) in [5.74, 6) is 1.87. The number of aromatic nitrogens is 3. The summed E-state index contributed by atoms with van der Waals surface area (Å²) >= 11 is 0. The molecule has 8 nitrogen and oxygen atoms in total. The Kier molecular flexibility index (Phi) is 4.77. The van der Waals surface area contributed by atoms with Crippen LogP contribution in [0, 0.1) is 23.1 Å². The Morgan fingerprint density at radius 2 is 2.09 bits per heavy atom. The van der Waals surface area contributed by atoms with E-state index < -0.39 is 0 Å². The van der Waals surface area contributed by atoms with Crippen molar-refractivity contribution >= 4 is 17.3 Å². The van der Waals surface area contributed by atoms with Crippen molar-refractivity contribution in [3.63, 3.8) is 0 Å². The molecule has 34 heavy (non-hydrogen) atoms. The fourth-order valence-electron chi connectivity index (χ4n) is 6.03. The molecule has 0 amide bonds. The number of rotatable bonds is 5. The minimum atomic E-state index is -0.328. The second-order valence-electron chi connectivity index (χ2n) is 9.25. The number of halogens is 1. The Bertz CT molecular complexity index is 1300. The van der Waals surface area contributed by atoms with Gasteiger partial charge in [-0.15, -0.1) is 0 Å². The highest BCUT2D eigenvalue weighted by molar-refractivity contribution is 6.13. The average molecular weight is 460 g/mol. The first-order valence-electron chi connectivity index (χ1n) is 11.6. The van der Waals surface area contributed by atoms with E-state index in [2.05, 4.69) is 19.9 Å². The molecule has 1 saturated carbocycles. The van der Waals surface area contributed by atoms with Gasteiger partial charge in [0.05, 0.1) is 18.5 Å². The van der Waals surface area contributed by atoms with Crippen LogP contribution in [-0.2, 0) is 11.8 Å². The molecule has 0 unspecified atom stereocenters. The van der Waals surface area contributed by atoms with Gasteiger partial charge in [-0.3, -0.25) is 5.41 Å². The first-order chi connectivity index (χ1) is 16.5. The van der Waals surface area contributed by atoms with E-state index in [1.807, 2.05) is 12.1 Å². The Morgan fingerprint density at radius 3 is 2.88 bits per heavy atom. The first-order valence-corrected chi connectivity index (χ1v) is 11.6. The monoisotopic (exact) mass is 459 g/mol. The van der Waals surface area contributed by atoms with Crippen LogP contribution in [-0.4, -0.2) is 46.9 Å². The van der Waals surface area contributed by atoms with Crippen molar-refractivity contribution in [1.29, 1.82) is 5.41 Å². The topological polar surface area (TPSA) is 127 Å². The number of hydrogen-bond donors (Lipinski definition) is 3. The molecule has 6 rings (SSSR count). The minimum absolute atomic E-state index is 0.186. The zero-order valence-electron chi connectivity index (χ0n) is 18.7. The Balaban J connectivity index is 1.25. The van der Waals surface area contributed by atoms with Crippen molar-refractivity contribution in [2.24, 2.45) is 17.6 Å². The molecule has 3 aromatic rings. The number of nitrogens with two attached hydrogens (primary N) is 2. The lowest BCUT2D eigenvalue weighted by Gasteiger charge is -2.27. The molecule has 1 aliphatic carbocycles. The fraction of sp³-hybridized carbons (Fsp3) is 0.360. The number of hydrogen-bond acceptors (Lipinski definition) is 8. The number of benzene rings is 1. The highest BCUT2D eigenvalue weighted by Gasteiger charge is 2.66. The van der Waals surface area contributed by atoms with E-state index in [4.69, 9.17) is 21.6 Å². The second kappa shape index (κ2) is 7.73. The molecule has 2 aliphatic heterocycles. The Morgan fingerprint density at radius 1 is 1.24 bits per heavy atom. The number of fused-ring (bicyclic) bond motifs is 2. The van der Waals surface area contributed by atoms with Gasteiger partial charge >= 0.3 is 0 Å². The van der Waals surface area contributed by atoms with Gasteiger partial charge in [-0.2, -0.15) is 0 Å². The lowest BCUT2D eigenvalue weighted by Crippen LogP contribution is -2.33. The van der Waals surface area contributed by atoms with Crippen LogP contribution in [0.25, 0.3) is 0 Å². The summed E-state index contributed by atoms with van der Waals surface area (Å²) in [4.78, 5) is 15.5. The molecule has 174 valence electrons. The van der Waals surface area contributed by atoms with E-state index in [0.29, 0.717) is 48.4 Å². The number of nitrogen functional groups attached to an aromatic ring is 1. The van der Waals surface area contributed by atoms with Crippen LogP contribution in [0.2, 0.25) is 0 Å². The number of piperidine rings is 1. The van der Waals surface area contributed by atoms with Gasteiger partial charge in [-0.05, 0) is 36.0 Å². The van der Waals surface area contributed by atoms with E-state index >= 15 is 0 Å². The molecule has 0 radical (unpaired) electrons. The summed E-state index contributed by atoms with van der Waals surface area (Å²) in [7, 11) is 0. The summed E-state index contributed by atoms with van der Waals surface area (Å²) in [6.07, 6.45) is 4.91. The number of nitrogens with zero attached hydrogens (tertiary/aromatic N) is 4. The van der Waals surface area contributed by atoms with Crippen molar-refractivity contribution in [2.45, 2.75) is 18.3 Å². The zero-order chi connectivity index (χ0) is 23.4. The summed E-state index contributed by atoms with van der Waals surface area (Å²) in [6.45, 7) is 2.47. The lowest BCUT2D eigenvalue weighted by molar-refractivity contribution is 0.345. The molecule has 3 aliphatic rings. The van der Waals surface area contributed by atoms with Crippen molar-refractivity contribution < 1.29 is 9.13 Å². The van der Waals surface area contributed by atoms with Crippen LogP contribution >= 0.6 is 0 Å². The number of anilines is 2. The van der Waals surface area contributed by atoms with Crippen LogP contribution in [0.15, 0.2) is 42.7 Å². The van der Waals surface area contributed by atoms with Crippen molar-refractivity contribution in [1.82, 2.24) is 15.0 Å². The molecular formula is C25H26FN7O. The Hall–Kier alpha value is -3.59. The van der Waals surface area contributed by atoms with Crippen molar-refractivity contribution in [3.8, 4) is 5.88 Å². The molecule has 1 aromatic carbocycles. The van der Waals surface area contributed by atoms with Gasteiger partial charge in [-0.25, -0.2) is 19.3 Å². The zero-order valence-corrected chi connectivity index (χ0v) is 18.7. The highest BCUT2D eigenvalue weighted by atomic mass is 19.1. The smallest absolute Gasteiger partial charge is 0.217 e. The van der Waals surface area contributed by atoms with Crippen molar-refractivity contribution in [3.05, 3.63) is 70.9 Å². The first kappa shape index (κ1) is 21.0. The van der Waals surface area contributed by atoms with Gasteiger partial charge in [0.15, 0.2) is 5.82 Å². The lowest BCUT2D eigenvalue weighted by atomic mass is 9.91. The highest BCUT2D eigenvalue weighted by Crippen LogP contribution is 2.63. The van der Waals surface area contributed by atoms with Crippen LogP contribution in [0.1, 0.15) is 28.8 Å². The number of ether oxygens (including phenoxy) is 1. The van der Waals surface area contributed by atoms with E-state index in [1.54, 1.807) is 24.5 Å². The molecular weight excluding hydrogens is 433 g/mol. The molecule has 5 N–H and O–H groups in total. The van der Waals surface area contributed by atoms with Crippen LogP contribution in [0.5, 0.6) is 5.88 Å². The third kappa shape index (κ3) is 3.00. The largest absolute Gasteiger partial charge is 0.477 e. The molecule has 9 heteroatoms. The third-order valence-electron chi connectivity index (χ3n) is 7.76. The molecule has 1 saturated heterocycles. The molecule has 0 spiro atoms. The van der Waals surface area contributed by atoms with E-state index in [1.165, 1.54) is 6.07 Å². The standard InChI is InChI=1S/C25H26FN7O/c26-19-4-2-1-3-17(19)25(13-27)16-6-9-33(12-18(16)25)20-11-31-22(23(29)32-20)21(28)14-5-8-30-24-15(14)7-10-34-24/h1-5,8,11,16,18,28H,6-7,9-10,12-13,27H2,(H2,29,32)/t16-,18+,25-/m1/s1. The van der Waals surface area contributed by atoms with Gasteiger partial charge in [0.1, 0.15) is 17.3 Å². The molecule has 3 atom stereocenters. The SMILES string of the molecule is N=C(c1ccnc2c1CCO2)c1ncc(N2CC[C@@H]3[C@H](C2)[C@@]3(CN)c2ccccc2F)nc1N. The number of pyridine rings is 1. The Labute approximate surface area is 196 Å². The van der Waals surface area contributed by atoms with Gasteiger partial charge in [0.2, 0.25) is 5.88 Å². The maximum atomic E-state index is 14.6. The van der Waals surface area contributed by atoms with Gasteiger partial charge < -0.3 is 21.1 Å². The summed E-state index contributed by atoms with van der Waals surface area (Å²) in [5.41, 5.74) is 15.1. The predicted molar refractivity (Wildman–Crippen MR) is 127 cm³/mol. The van der Waals surface area contributed by atoms with E-state index in [9.17, 15) is 4.39 Å². The van der Waals surface area contributed by atoms with Gasteiger partial charge in [0, 0.05) is 48.8 Å². The average Bonchev–Trinajstić information content (AvgIpc) is 3.24. The maximum Gasteiger partial charge on any atom is 0.217 e. The van der Waals surface area contributed by atoms with Crippen LogP contribution < -0.4 is 21.1 Å². The van der Waals surface area contributed by atoms with Gasteiger partial charge in [-0.1, -0.05) is 18.2 Å². The normalized spacial score (nSPS) is 24.8. The molecule has 2 fully saturated rings. The van der Waals surface area contributed by atoms with Crippen LogP contribution in [0.4, 0.5) is 16.0 Å². The quantitative estimate of drug-likeness (QED) is 0.500. The summed E-state index contributed by atoms with van der Waals surface area (Å²) in [5, 5.41) is 8.70. The molecule has 0 bridgehead atoms. The maximum absolute atomic E-state index is 14.6. The summed E-state index contributed by atoms with van der Waals surface area (Å²) in [6, 6.07) is 8.76.